The number of ketones is 1. The zero-order chi connectivity index (χ0) is 19.8. The van der Waals surface area contributed by atoms with Gasteiger partial charge in [-0.2, -0.15) is 0 Å². The van der Waals surface area contributed by atoms with Gasteiger partial charge in [0.2, 0.25) is 0 Å². The van der Waals surface area contributed by atoms with E-state index in [1.807, 2.05) is 0 Å². The van der Waals surface area contributed by atoms with E-state index in [-0.39, 0.29) is 21.8 Å². The summed E-state index contributed by atoms with van der Waals surface area (Å²) in [5, 5.41) is 12.5. The highest BCUT2D eigenvalue weighted by atomic mass is 79.9. The van der Waals surface area contributed by atoms with Crippen LogP contribution in [0.15, 0.2) is 75.9 Å². The van der Waals surface area contributed by atoms with Crippen molar-refractivity contribution < 1.29 is 19.1 Å². The van der Waals surface area contributed by atoms with Gasteiger partial charge >= 0.3 is 0 Å². The molecule has 1 aromatic heterocycles. The van der Waals surface area contributed by atoms with Crippen LogP contribution in [0.1, 0.15) is 22.0 Å². The zero-order valence-corrected chi connectivity index (χ0v) is 16.6. The molecule has 140 valence electrons. The van der Waals surface area contributed by atoms with Crippen molar-refractivity contribution in [2.45, 2.75) is 6.04 Å². The summed E-state index contributed by atoms with van der Waals surface area (Å²) in [7, 11) is 0. The lowest BCUT2D eigenvalue weighted by Gasteiger charge is -2.24. The average Bonchev–Trinajstić information content (AvgIpc) is 3.30. The number of aromatic nitrogens is 1. The maximum Gasteiger partial charge on any atom is 0.296 e. The van der Waals surface area contributed by atoms with Crippen LogP contribution < -0.4 is 4.90 Å². The van der Waals surface area contributed by atoms with E-state index < -0.39 is 29.3 Å². The molecule has 0 saturated carbocycles. The summed E-state index contributed by atoms with van der Waals surface area (Å²) in [5.41, 5.74) is 0.211. The number of hydrogen-bond donors (Lipinski definition) is 1. The number of aliphatic hydroxyl groups excluding tert-OH is 1. The van der Waals surface area contributed by atoms with Gasteiger partial charge in [-0.25, -0.2) is 9.37 Å². The Hall–Kier alpha value is -2.84. The van der Waals surface area contributed by atoms with Gasteiger partial charge in [-0.15, -0.1) is 11.3 Å². The van der Waals surface area contributed by atoms with E-state index in [4.69, 9.17) is 0 Å². The normalized spacial score (nSPS) is 16.7. The second-order valence-corrected chi connectivity index (χ2v) is 7.80. The van der Waals surface area contributed by atoms with Crippen LogP contribution in [0.5, 0.6) is 0 Å². The van der Waals surface area contributed by atoms with E-state index in [9.17, 15) is 19.1 Å². The molecule has 1 N–H and O–H groups in total. The van der Waals surface area contributed by atoms with E-state index in [2.05, 4.69) is 20.9 Å². The molecule has 0 bridgehead atoms. The topological polar surface area (TPSA) is 70.5 Å². The van der Waals surface area contributed by atoms with Crippen molar-refractivity contribution in [3.8, 4) is 0 Å². The monoisotopic (exact) mass is 458 g/mol. The molecule has 2 aromatic carbocycles. The third-order valence-electron chi connectivity index (χ3n) is 4.38. The molecular weight excluding hydrogens is 447 g/mol. The van der Waals surface area contributed by atoms with Crippen molar-refractivity contribution in [3.05, 3.63) is 92.9 Å². The van der Waals surface area contributed by atoms with Crippen molar-refractivity contribution in [1.82, 2.24) is 4.98 Å². The molecule has 1 aliphatic rings. The van der Waals surface area contributed by atoms with Crippen LogP contribution in [0.25, 0.3) is 0 Å². The van der Waals surface area contributed by atoms with Crippen molar-refractivity contribution in [1.29, 1.82) is 0 Å². The number of carbonyl (C=O) groups excluding carboxylic acids is 2. The molecule has 1 amide bonds. The Kier molecular flexibility index (Phi) is 4.82. The molecule has 5 nitrogen and oxygen atoms in total. The first-order chi connectivity index (χ1) is 13.5. The van der Waals surface area contributed by atoms with Crippen LogP contribution >= 0.6 is 27.3 Å². The Labute approximate surface area is 171 Å². The first-order valence-corrected chi connectivity index (χ1v) is 9.87. The fourth-order valence-electron chi connectivity index (χ4n) is 3.12. The first kappa shape index (κ1) is 18.5. The summed E-state index contributed by atoms with van der Waals surface area (Å²) >= 11 is 4.46. The van der Waals surface area contributed by atoms with Crippen LogP contribution in [-0.4, -0.2) is 21.8 Å². The number of halogens is 2. The van der Waals surface area contributed by atoms with E-state index in [1.165, 1.54) is 24.4 Å². The molecule has 0 aliphatic carbocycles. The number of Topliss-reactive ketones (excluding diaryl/α,β-unsaturated/α-hetero) is 1. The van der Waals surface area contributed by atoms with Crippen LogP contribution in [0.2, 0.25) is 0 Å². The number of thiazole rings is 1. The highest BCUT2D eigenvalue weighted by Gasteiger charge is 2.46. The minimum absolute atomic E-state index is 0.107. The van der Waals surface area contributed by atoms with Crippen LogP contribution in [0.3, 0.4) is 0 Å². The molecule has 0 spiro atoms. The van der Waals surface area contributed by atoms with Gasteiger partial charge in [0.05, 0.1) is 5.57 Å². The van der Waals surface area contributed by atoms with Crippen molar-refractivity contribution in [2.24, 2.45) is 0 Å². The van der Waals surface area contributed by atoms with Gasteiger partial charge in [-0.05, 0) is 30.3 Å². The lowest BCUT2D eigenvalue weighted by molar-refractivity contribution is -0.117. The molecule has 0 fully saturated rings. The van der Waals surface area contributed by atoms with Gasteiger partial charge in [-0.1, -0.05) is 34.1 Å². The van der Waals surface area contributed by atoms with Crippen molar-refractivity contribution in [2.75, 3.05) is 4.90 Å². The molecule has 2 heterocycles. The Morgan fingerprint density at radius 1 is 1.18 bits per heavy atom. The van der Waals surface area contributed by atoms with E-state index >= 15 is 0 Å². The number of rotatable bonds is 4. The van der Waals surface area contributed by atoms with Crippen molar-refractivity contribution in [3.63, 3.8) is 0 Å². The summed E-state index contributed by atoms with van der Waals surface area (Å²) < 4.78 is 15.4. The lowest BCUT2D eigenvalue weighted by atomic mass is 9.92. The molecule has 0 saturated heterocycles. The standard InChI is InChI=1S/C20H12BrFN2O3S/c21-12-7-5-11(6-8-12)17(25)15-16(13-3-1-2-4-14(13)22)24(19(27)18(15)26)20-23-9-10-28-20/h1-10,16,26H. The SMILES string of the molecule is O=C(C1=C(O)C(=O)N(c2nccs2)C1c1ccccc1F)c1ccc(Br)cc1. The lowest BCUT2D eigenvalue weighted by Crippen LogP contribution is -2.31. The number of nitrogens with zero attached hydrogens (tertiary/aromatic N) is 2. The number of carbonyl (C=O) groups is 2. The molecule has 1 unspecified atom stereocenters. The molecule has 8 heteroatoms. The highest BCUT2D eigenvalue weighted by molar-refractivity contribution is 9.10. The maximum atomic E-state index is 14.6. The van der Waals surface area contributed by atoms with Crippen LogP contribution in [0.4, 0.5) is 9.52 Å². The second kappa shape index (κ2) is 7.29. The van der Waals surface area contributed by atoms with E-state index in [0.717, 1.165) is 20.7 Å². The van der Waals surface area contributed by atoms with Gasteiger partial charge in [0.1, 0.15) is 11.9 Å². The number of hydrogen-bond acceptors (Lipinski definition) is 5. The average molecular weight is 459 g/mol. The molecule has 3 aromatic rings. The predicted molar refractivity (Wildman–Crippen MR) is 107 cm³/mol. The summed E-state index contributed by atoms with van der Waals surface area (Å²) in [6, 6.07) is 11.2. The summed E-state index contributed by atoms with van der Waals surface area (Å²) in [6.45, 7) is 0. The molecule has 28 heavy (non-hydrogen) atoms. The van der Waals surface area contributed by atoms with Crippen LogP contribution in [-0.2, 0) is 4.79 Å². The molecular formula is C20H12BrFN2O3S. The molecule has 4 rings (SSSR count). The minimum atomic E-state index is -1.11. The van der Waals surface area contributed by atoms with Gasteiger partial charge in [0.25, 0.3) is 5.91 Å². The number of benzene rings is 2. The van der Waals surface area contributed by atoms with Gasteiger partial charge in [-0.3, -0.25) is 14.5 Å². The second-order valence-electron chi connectivity index (χ2n) is 6.01. The van der Waals surface area contributed by atoms with Gasteiger partial charge in [0.15, 0.2) is 16.7 Å². The molecule has 1 atom stereocenters. The van der Waals surface area contributed by atoms with Crippen molar-refractivity contribution >= 4 is 44.1 Å². The Morgan fingerprint density at radius 3 is 2.54 bits per heavy atom. The minimum Gasteiger partial charge on any atom is -0.503 e. The molecule has 1 aliphatic heterocycles. The summed E-state index contributed by atoms with van der Waals surface area (Å²) in [5.74, 6) is -2.62. The first-order valence-electron chi connectivity index (χ1n) is 8.20. The Balaban J connectivity index is 1.89. The third-order valence-corrected chi connectivity index (χ3v) is 5.68. The number of anilines is 1. The summed E-state index contributed by atoms with van der Waals surface area (Å²) in [6.07, 6.45) is 1.50. The quantitative estimate of drug-likeness (QED) is 0.568. The van der Waals surface area contributed by atoms with Gasteiger partial charge < -0.3 is 5.11 Å². The summed E-state index contributed by atoms with van der Waals surface area (Å²) in [4.78, 5) is 31.2. The fraction of sp³-hybridized carbons (Fsp3) is 0.0500. The van der Waals surface area contributed by atoms with E-state index in [0.29, 0.717) is 0 Å². The highest BCUT2D eigenvalue weighted by Crippen LogP contribution is 2.43. The maximum absolute atomic E-state index is 14.6. The smallest absolute Gasteiger partial charge is 0.296 e. The fourth-order valence-corrected chi connectivity index (χ4v) is 4.05. The largest absolute Gasteiger partial charge is 0.503 e. The zero-order valence-electron chi connectivity index (χ0n) is 14.2. The van der Waals surface area contributed by atoms with Gasteiger partial charge in [0, 0.05) is 27.2 Å². The third kappa shape index (κ3) is 3.04. The molecule has 0 radical (unpaired) electrons. The number of amides is 1. The predicted octanol–water partition coefficient (Wildman–Crippen LogP) is 4.83. The van der Waals surface area contributed by atoms with E-state index in [1.54, 1.807) is 35.7 Å². The van der Waals surface area contributed by atoms with Crippen LogP contribution in [0, 0.1) is 5.82 Å². The number of aliphatic hydroxyl groups is 1. The Morgan fingerprint density at radius 2 is 1.89 bits per heavy atom. The Bertz CT molecular complexity index is 1100.